The number of ether oxygens (including phenoxy) is 2. The van der Waals surface area contributed by atoms with Gasteiger partial charge in [-0.05, 0) is 51.4 Å². The second-order valence-electron chi connectivity index (χ2n) is 28.8. The van der Waals surface area contributed by atoms with Gasteiger partial charge in [0.05, 0.1) is 27.7 Å². The van der Waals surface area contributed by atoms with E-state index in [0.29, 0.717) is 17.4 Å². The normalized spacial score (nSPS) is 13.2. The molecule has 0 bridgehead atoms. The lowest BCUT2D eigenvalue weighted by atomic mass is 10.0. The van der Waals surface area contributed by atoms with Gasteiger partial charge in [0.1, 0.15) is 19.8 Å². The summed E-state index contributed by atoms with van der Waals surface area (Å²) < 4.78 is 34.4. The molecule has 2 atom stereocenters. The molecule has 0 aromatic carbocycles. The summed E-state index contributed by atoms with van der Waals surface area (Å²) in [6.07, 6.45) is 96.8. The van der Waals surface area contributed by atoms with Gasteiger partial charge >= 0.3 is 11.9 Å². The maximum atomic E-state index is 12.9. The van der Waals surface area contributed by atoms with E-state index >= 15 is 0 Å². The maximum Gasteiger partial charge on any atom is 0.306 e. The van der Waals surface area contributed by atoms with Gasteiger partial charge in [-0.25, -0.2) is 0 Å². The summed E-state index contributed by atoms with van der Waals surface area (Å²) in [5.41, 5.74) is 0. The molecule has 0 aromatic rings. The number of rotatable bonds is 76. The Labute approximate surface area is 573 Å². The maximum absolute atomic E-state index is 12.9. The van der Waals surface area contributed by atoms with Gasteiger partial charge in [0.2, 0.25) is 0 Å². The third-order valence-corrected chi connectivity index (χ3v) is 19.3. The van der Waals surface area contributed by atoms with E-state index < -0.39 is 26.5 Å². The smallest absolute Gasteiger partial charge is 0.306 e. The molecule has 92 heavy (non-hydrogen) atoms. The Morgan fingerprint density at radius 3 is 0.924 bits per heavy atom. The van der Waals surface area contributed by atoms with Gasteiger partial charge in [-0.1, -0.05) is 396 Å². The lowest BCUT2D eigenvalue weighted by Crippen LogP contribution is -2.37. The minimum absolute atomic E-state index is 0.0274. The summed E-state index contributed by atoms with van der Waals surface area (Å²) in [5, 5.41) is 0. The van der Waals surface area contributed by atoms with Crippen molar-refractivity contribution in [2.45, 2.75) is 418 Å². The van der Waals surface area contributed by atoms with Crippen molar-refractivity contribution in [2.75, 3.05) is 47.5 Å². The van der Waals surface area contributed by atoms with E-state index in [2.05, 4.69) is 62.5 Å². The van der Waals surface area contributed by atoms with Crippen LogP contribution >= 0.6 is 7.82 Å². The zero-order valence-corrected chi connectivity index (χ0v) is 62.9. The fourth-order valence-corrected chi connectivity index (χ4v) is 13.0. The zero-order valence-electron chi connectivity index (χ0n) is 62.0. The van der Waals surface area contributed by atoms with E-state index in [4.69, 9.17) is 18.5 Å². The predicted octanol–water partition coefficient (Wildman–Crippen LogP) is 26.1. The number of likely N-dealkylation sites (N-methyl/N-ethyl adjacent to an activating group) is 1. The van der Waals surface area contributed by atoms with Crippen LogP contribution in [0.2, 0.25) is 0 Å². The molecule has 0 fully saturated rings. The predicted molar refractivity (Wildman–Crippen MR) is 397 cm³/mol. The second kappa shape index (κ2) is 73.2. The van der Waals surface area contributed by atoms with Crippen LogP contribution in [0.3, 0.4) is 0 Å². The molecule has 2 unspecified atom stereocenters. The van der Waals surface area contributed by atoms with Gasteiger partial charge in [-0.15, -0.1) is 0 Å². The Hall–Kier alpha value is -2.03. The average molecular weight is 1320 g/mol. The number of carbonyl (C=O) groups excluding carboxylic acids is 2. The van der Waals surface area contributed by atoms with E-state index in [0.717, 1.165) is 57.8 Å². The molecule has 0 amide bonds. The number of allylic oxidation sites excluding steroid dienone is 8. The molecular weight excluding hydrogens is 1160 g/mol. The molecular formula is C82H156NO8P. The molecule has 9 nitrogen and oxygen atoms in total. The van der Waals surface area contributed by atoms with Gasteiger partial charge in [0.25, 0.3) is 7.82 Å². The zero-order chi connectivity index (χ0) is 66.9. The van der Waals surface area contributed by atoms with Crippen molar-refractivity contribution in [2.24, 2.45) is 0 Å². The third-order valence-electron chi connectivity index (χ3n) is 18.4. The largest absolute Gasteiger partial charge is 0.756 e. The molecule has 542 valence electrons. The van der Waals surface area contributed by atoms with Crippen molar-refractivity contribution >= 4 is 19.8 Å². The average Bonchev–Trinajstić information content (AvgIpc) is 2.14. The quantitative estimate of drug-likeness (QED) is 0.0195. The van der Waals surface area contributed by atoms with E-state index in [9.17, 15) is 19.0 Å². The van der Waals surface area contributed by atoms with Crippen LogP contribution in [0, 0.1) is 0 Å². The molecule has 0 radical (unpaired) electrons. The summed E-state index contributed by atoms with van der Waals surface area (Å²) in [6.45, 7) is 4.21. The molecule has 0 rings (SSSR count). The van der Waals surface area contributed by atoms with Crippen molar-refractivity contribution in [1.29, 1.82) is 0 Å². The summed E-state index contributed by atoms with van der Waals surface area (Å²) in [4.78, 5) is 38.2. The summed E-state index contributed by atoms with van der Waals surface area (Å²) in [5.74, 6) is -0.807. The van der Waals surface area contributed by atoms with Crippen LogP contribution in [0.15, 0.2) is 48.6 Å². The minimum atomic E-state index is -4.64. The van der Waals surface area contributed by atoms with E-state index in [1.54, 1.807) is 0 Å². The topological polar surface area (TPSA) is 111 Å². The van der Waals surface area contributed by atoms with Gasteiger partial charge < -0.3 is 27.9 Å². The van der Waals surface area contributed by atoms with E-state index in [1.165, 1.54) is 321 Å². The molecule has 0 heterocycles. The molecule has 0 saturated carbocycles. The van der Waals surface area contributed by atoms with Crippen molar-refractivity contribution < 1.29 is 42.1 Å². The van der Waals surface area contributed by atoms with Crippen LogP contribution < -0.4 is 4.89 Å². The molecule has 0 aliphatic heterocycles. The highest BCUT2D eigenvalue weighted by Gasteiger charge is 2.22. The number of hydrogen-bond donors (Lipinski definition) is 0. The van der Waals surface area contributed by atoms with Crippen LogP contribution in [0.1, 0.15) is 412 Å². The Balaban J connectivity index is 3.90. The Kier molecular flexibility index (Phi) is 71.6. The highest BCUT2D eigenvalue weighted by molar-refractivity contribution is 7.45. The van der Waals surface area contributed by atoms with Crippen LogP contribution in [0.5, 0.6) is 0 Å². The van der Waals surface area contributed by atoms with Crippen LogP contribution in [-0.2, 0) is 32.7 Å². The SMILES string of the molecule is CC/C=C\C/C=C\C/C=C\C/C=C\CCCCCCCCCCCCCCCCCCCCCCCCC(=O)OC(COC(=O)CCCCCCCCCCCCCCCCCCCCCCCCCCCCCCCCCCC)COP(=O)([O-])OCC[N+](C)(C)C. The number of hydrogen-bond acceptors (Lipinski definition) is 8. The highest BCUT2D eigenvalue weighted by Crippen LogP contribution is 2.38. The number of nitrogens with zero attached hydrogens (tertiary/aromatic N) is 1. The Bertz CT molecular complexity index is 1690. The van der Waals surface area contributed by atoms with Crippen LogP contribution in [0.25, 0.3) is 0 Å². The Morgan fingerprint density at radius 1 is 0.348 bits per heavy atom. The van der Waals surface area contributed by atoms with E-state index in [-0.39, 0.29) is 32.0 Å². The van der Waals surface area contributed by atoms with Gasteiger partial charge in [-0.2, -0.15) is 0 Å². The van der Waals surface area contributed by atoms with Crippen molar-refractivity contribution in [3.8, 4) is 0 Å². The number of quaternary nitrogens is 1. The number of phosphoric ester groups is 1. The number of unbranched alkanes of at least 4 members (excludes halogenated alkanes) is 54. The first-order chi connectivity index (χ1) is 45.0. The lowest BCUT2D eigenvalue weighted by molar-refractivity contribution is -0.870. The van der Waals surface area contributed by atoms with Gasteiger partial charge in [0, 0.05) is 12.8 Å². The summed E-state index contributed by atoms with van der Waals surface area (Å²) in [7, 11) is 1.19. The summed E-state index contributed by atoms with van der Waals surface area (Å²) >= 11 is 0. The number of carbonyl (C=O) groups is 2. The number of esters is 2. The van der Waals surface area contributed by atoms with Crippen LogP contribution in [-0.4, -0.2) is 70.0 Å². The molecule has 0 saturated heterocycles. The monoisotopic (exact) mass is 1310 g/mol. The Morgan fingerprint density at radius 2 is 0.620 bits per heavy atom. The minimum Gasteiger partial charge on any atom is -0.756 e. The highest BCUT2D eigenvalue weighted by atomic mass is 31.2. The molecule has 10 heteroatoms. The van der Waals surface area contributed by atoms with Crippen molar-refractivity contribution in [3.05, 3.63) is 48.6 Å². The third kappa shape index (κ3) is 77.0. The summed E-state index contributed by atoms with van der Waals surface area (Å²) in [6, 6.07) is 0. The molecule has 0 aromatic heterocycles. The molecule has 0 aliphatic rings. The number of phosphoric acid groups is 1. The molecule has 0 spiro atoms. The van der Waals surface area contributed by atoms with E-state index in [1.807, 2.05) is 21.1 Å². The fourth-order valence-electron chi connectivity index (χ4n) is 12.2. The molecule has 0 aliphatic carbocycles. The molecule has 0 N–H and O–H groups in total. The van der Waals surface area contributed by atoms with Crippen LogP contribution in [0.4, 0.5) is 0 Å². The first-order valence-corrected chi connectivity index (χ1v) is 41.8. The van der Waals surface area contributed by atoms with Crippen molar-refractivity contribution in [3.63, 3.8) is 0 Å². The van der Waals surface area contributed by atoms with Gasteiger partial charge in [-0.3, -0.25) is 14.2 Å². The van der Waals surface area contributed by atoms with Crippen molar-refractivity contribution in [1.82, 2.24) is 0 Å². The second-order valence-corrected chi connectivity index (χ2v) is 30.2. The van der Waals surface area contributed by atoms with Gasteiger partial charge in [0.15, 0.2) is 6.10 Å². The lowest BCUT2D eigenvalue weighted by Gasteiger charge is -2.28. The standard InChI is InChI=1S/C82H156NO8P/c1-6-8-10-12-14-16-18-20-22-24-26-28-30-32-34-36-38-40-41-43-45-47-49-51-53-55-57-59-61-63-65-67-69-71-73-75-82(85)91-80(79-90-92(86,87)89-77-76-83(3,4)5)78-88-81(84)74-72-70-68-66-64-62-60-58-56-54-52-50-48-46-44-42-39-37-35-33-31-29-27-25-23-21-19-17-15-13-11-9-7-2/h8,10,14,16,20,22,26,28,80H,6-7,9,11-13,15,17-19,21,23-25,27,29-79H2,1-5H3/b10-8-,16-14-,22-20-,28-26-. The first kappa shape index (κ1) is 90.0. The fraction of sp³-hybridized carbons (Fsp3) is 0.878. The first-order valence-electron chi connectivity index (χ1n) is 40.3.